The lowest BCUT2D eigenvalue weighted by atomic mass is 9.88. The van der Waals surface area contributed by atoms with Gasteiger partial charge in [0.2, 0.25) is 11.8 Å². The van der Waals surface area contributed by atoms with E-state index in [4.69, 9.17) is 4.74 Å². The number of likely N-dealkylation sites (tertiary alicyclic amines) is 1. The summed E-state index contributed by atoms with van der Waals surface area (Å²) < 4.78 is 5.93. The predicted octanol–water partition coefficient (Wildman–Crippen LogP) is 1.69. The summed E-state index contributed by atoms with van der Waals surface area (Å²) in [4.78, 5) is 37.5. The van der Waals surface area contributed by atoms with E-state index in [-0.39, 0.29) is 23.9 Å². The van der Waals surface area contributed by atoms with Crippen molar-refractivity contribution in [2.45, 2.75) is 39.9 Å². The van der Waals surface area contributed by atoms with Gasteiger partial charge in [-0.2, -0.15) is 0 Å². The standard InChI is InChI=1S/C16H22NO4P/c1-8(2)5-10-13-14(11(21-10)6-9(3)4)16(20)17(15(13)19)7-12(18)22/h5-6,10-11,13-14H,7,22H2,1-4H3. The Labute approximate surface area is 133 Å². The molecule has 2 fully saturated rings. The van der Waals surface area contributed by atoms with Crippen LogP contribution >= 0.6 is 9.24 Å². The first-order valence-electron chi connectivity index (χ1n) is 7.31. The van der Waals surface area contributed by atoms with Gasteiger partial charge < -0.3 is 4.74 Å². The number of allylic oxidation sites excluding steroid dienone is 2. The van der Waals surface area contributed by atoms with Crippen molar-refractivity contribution in [3.05, 3.63) is 23.3 Å². The number of imide groups is 1. The fourth-order valence-electron chi connectivity index (χ4n) is 3.07. The van der Waals surface area contributed by atoms with E-state index in [2.05, 4.69) is 0 Å². The van der Waals surface area contributed by atoms with E-state index in [9.17, 15) is 14.4 Å². The van der Waals surface area contributed by atoms with Crippen LogP contribution in [0, 0.1) is 11.8 Å². The molecule has 5 unspecified atom stereocenters. The van der Waals surface area contributed by atoms with Crippen molar-refractivity contribution >= 4 is 26.6 Å². The summed E-state index contributed by atoms with van der Waals surface area (Å²) in [7, 11) is 2.01. The molecule has 2 heterocycles. The molecule has 0 bridgehead atoms. The number of amides is 2. The topological polar surface area (TPSA) is 63.7 Å². The largest absolute Gasteiger partial charge is 0.365 e. The van der Waals surface area contributed by atoms with E-state index in [1.54, 1.807) is 0 Å². The van der Waals surface area contributed by atoms with Crippen molar-refractivity contribution in [1.82, 2.24) is 4.90 Å². The van der Waals surface area contributed by atoms with Gasteiger partial charge >= 0.3 is 0 Å². The summed E-state index contributed by atoms with van der Waals surface area (Å²) in [6.07, 6.45) is 2.93. The molecule has 22 heavy (non-hydrogen) atoms. The van der Waals surface area contributed by atoms with E-state index in [1.807, 2.05) is 49.1 Å². The summed E-state index contributed by atoms with van der Waals surface area (Å²) in [6, 6.07) is 0. The van der Waals surface area contributed by atoms with Crippen molar-refractivity contribution in [2.24, 2.45) is 11.8 Å². The Morgan fingerprint density at radius 2 is 1.45 bits per heavy atom. The molecule has 2 amide bonds. The Morgan fingerprint density at radius 3 is 1.77 bits per heavy atom. The first-order chi connectivity index (χ1) is 10.2. The number of ether oxygens (including phenoxy) is 1. The maximum atomic E-state index is 12.6. The number of rotatable bonds is 4. The summed E-state index contributed by atoms with van der Waals surface area (Å²) in [5.41, 5.74) is 1.78. The average Bonchev–Trinajstić information content (AvgIpc) is 2.81. The third-order valence-corrected chi connectivity index (χ3v) is 4.00. The molecule has 2 saturated heterocycles. The molecule has 2 aliphatic rings. The second kappa shape index (κ2) is 6.43. The molecule has 2 rings (SSSR count). The molecule has 0 aromatic carbocycles. The maximum absolute atomic E-state index is 12.6. The second-order valence-corrected chi connectivity index (χ2v) is 6.98. The zero-order valence-electron chi connectivity index (χ0n) is 13.3. The molecule has 5 atom stereocenters. The highest BCUT2D eigenvalue weighted by Crippen LogP contribution is 2.42. The molecular weight excluding hydrogens is 301 g/mol. The molecule has 0 radical (unpaired) electrons. The van der Waals surface area contributed by atoms with Crippen LogP contribution in [0.3, 0.4) is 0 Å². The van der Waals surface area contributed by atoms with Gasteiger partial charge in [0.1, 0.15) is 0 Å². The van der Waals surface area contributed by atoms with Gasteiger partial charge in [0.05, 0.1) is 30.6 Å². The monoisotopic (exact) mass is 323 g/mol. The van der Waals surface area contributed by atoms with Crippen LogP contribution in [0.2, 0.25) is 0 Å². The first kappa shape index (κ1) is 17.0. The van der Waals surface area contributed by atoms with Crippen LogP contribution in [-0.4, -0.2) is 41.0 Å². The van der Waals surface area contributed by atoms with Crippen molar-refractivity contribution in [2.75, 3.05) is 6.54 Å². The number of carbonyl (C=O) groups is 3. The molecule has 0 aromatic rings. The van der Waals surface area contributed by atoms with E-state index < -0.39 is 24.0 Å². The SMILES string of the molecule is CC(C)=CC1OC(C=C(C)C)C2C(=O)N(CC(=O)P)C(=O)C12. The minimum absolute atomic E-state index is 0.182. The van der Waals surface area contributed by atoms with Crippen LogP contribution in [0.4, 0.5) is 0 Å². The van der Waals surface area contributed by atoms with Gasteiger partial charge in [-0.05, 0) is 27.7 Å². The van der Waals surface area contributed by atoms with Gasteiger partial charge in [-0.1, -0.05) is 32.5 Å². The number of hydrogen-bond acceptors (Lipinski definition) is 4. The Morgan fingerprint density at radius 1 is 1.05 bits per heavy atom. The number of hydrogen-bond donors (Lipinski definition) is 0. The normalized spacial score (nSPS) is 30.3. The summed E-state index contributed by atoms with van der Waals surface area (Å²) in [5.74, 6) is -1.68. The van der Waals surface area contributed by atoms with Crippen LogP contribution in [-0.2, 0) is 19.1 Å². The number of carbonyl (C=O) groups excluding carboxylic acids is 3. The molecule has 0 N–H and O–H groups in total. The summed E-state index contributed by atoms with van der Waals surface area (Å²) in [6.45, 7) is 7.53. The van der Waals surface area contributed by atoms with Gasteiger partial charge in [-0.15, -0.1) is 0 Å². The van der Waals surface area contributed by atoms with Crippen LogP contribution in [0.15, 0.2) is 23.3 Å². The first-order valence-corrected chi connectivity index (χ1v) is 7.89. The fourth-order valence-corrected chi connectivity index (χ4v) is 3.25. The average molecular weight is 323 g/mol. The molecule has 5 nitrogen and oxygen atoms in total. The van der Waals surface area contributed by atoms with Crippen molar-refractivity contribution in [1.29, 1.82) is 0 Å². The minimum atomic E-state index is -0.535. The zero-order valence-corrected chi connectivity index (χ0v) is 14.5. The van der Waals surface area contributed by atoms with Crippen LogP contribution in [0.5, 0.6) is 0 Å². The van der Waals surface area contributed by atoms with Gasteiger partial charge in [0.15, 0.2) is 5.52 Å². The Bertz CT molecular complexity index is 531. The molecule has 120 valence electrons. The van der Waals surface area contributed by atoms with E-state index in [1.165, 1.54) is 0 Å². The number of fused-ring (bicyclic) bond motifs is 1. The van der Waals surface area contributed by atoms with E-state index >= 15 is 0 Å². The van der Waals surface area contributed by atoms with Gasteiger partial charge in [-0.3, -0.25) is 19.3 Å². The highest BCUT2D eigenvalue weighted by atomic mass is 31.0. The van der Waals surface area contributed by atoms with E-state index in [0.717, 1.165) is 16.0 Å². The Hall–Kier alpha value is -1.32. The molecule has 0 saturated carbocycles. The zero-order chi connectivity index (χ0) is 16.6. The van der Waals surface area contributed by atoms with Crippen molar-refractivity contribution in [3.8, 4) is 0 Å². The smallest absolute Gasteiger partial charge is 0.236 e. The van der Waals surface area contributed by atoms with Crippen molar-refractivity contribution in [3.63, 3.8) is 0 Å². The molecular formula is C16H22NO4P. The van der Waals surface area contributed by atoms with Gasteiger partial charge in [-0.25, -0.2) is 0 Å². The van der Waals surface area contributed by atoms with Gasteiger partial charge in [0.25, 0.3) is 0 Å². The van der Waals surface area contributed by atoms with Crippen LogP contribution in [0.25, 0.3) is 0 Å². The Kier molecular flexibility index (Phi) is 4.98. The highest BCUT2D eigenvalue weighted by molar-refractivity contribution is 7.40. The fraction of sp³-hybridized carbons (Fsp3) is 0.562. The van der Waals surface area contributed by atoms with E-state index in [0.29, 0.717) is 0 Å². The molecule has 6 heteroatoms. The predicted molar refractivity (Wildman–Crippen MR) is 85.9 cm³/mol. The lowest BCUT2D eigenvalue weighted by Crippen LogP contribution is -2.38. The number of nitrogens with zero attached hydrogens (tertiary/aromatic N) is 1. The summed E-state index contributed by atoms with van der Waals surface area (Å²) in [5, 5.41) is 0. The molecule has 2 aliphatic heterocycles. The third kappa shape index (κ3) is 3.21. The lowest BCUT2D eigenvalue weighted by molar-refractivity contribution is -0.144. The summed E-state index contributed by atoms with van der Waals surface area (Å²) >= 11 is 0. The minimum Gasteiger partial charge on any atom is -0.365 e. The molecule has 0 spiro atoms. The molecule has 0 aromatic heterocycles. The van der Waals surface area contributed by atoms with Gasteiger partial charge in [0, 0.05) is 0 Å². The Balaban J connectivity index is 2.39. The highest BCUT2D eigenvalue weighted by Gasteiger charge is 2.58. The van der Waals surface area contributed by atoms with Crippen LogP contribution in [0.1, 0.15) is 27.7 Å². The maximum Gasteiger partial charge on any atom is 0.236 e. The second-order valence-electron chi connectivity index (χ2n) is 6.33. The third-order valence-electron chi connectivity index (χ3n) is 3.82. The quantitative estimate of drug-likeness (QED) is 0.449. The molecule has 0 aliphatic carbocycles. The van der Waals surface area contributed by atoms with Crippen LogP contribution < -0.4 is 0 Å². The van der Waals surface area contributed by atoms with Crippen molar-refractivity contribution < 1.29 is 19.1 Å². The lowest BCUT2D eigenvalue weighted by Gasteiger charge is -2.19.